The standard InChI is InChI=1S/C9H12N4O/c10-8-5-11-7(4-12-8)6-13-3-1-2-9(13)14/h4-5H,1-3,6H2,(H2,10,12). The van der Waals surface area contributed by atoms with Crippen LogP contribution in [0, 0.1) is 0 Å². The molecule has 0 saturated carbocycles. The lowest BCUT2D eigenvalue weighted by molar-refractivity contribution is -0.128. The van der Waals surface area contributed by atoms with Crippen LogP contribution in [0.15, 0.2) is 12.4 Å². The number of amides is 1. The average Bonchev–Trinajstić information content (AvgIpc) is 2.56. The van der Waals surface area contributed by atoms with Crippen LogP contribution in [0.5, 0.6) is 0 Å². The third-order valence-corrected chi connectivity index (χ3v) is 2.25. The van der Waals surface area contributed by atoms with Gasteiger partial charge in [-0.25, -0.2) is 4.98 Å². The molecule has 2 N–H and O–H groups in total. The molecule has 14 heavy (non-hydrogen) atoms. The molecule has 0 aromatic carbocycles. The highest BCUT2D eigenvalue weighted by molar-refractivity contribution is 5.77. The van der Waals surface area contributed by atoms with Gasteiger partial charge in [-0.3, -0.25) is 9.78 Å². The zero-order chi connectivity index (χ0) is 9.97. The summed E-state index contributed by atoms with van der Waals surface area (Å²) in [7, 11) is 0. The van der Waals surface area contributed by atoms with Crippen LogP contribution in [-0.4, -0.2) is 27.3 Å². The molecule has 0 spiro atoms. The number of hydrogen-bond acceptors (Lipinski definition) is 4. The van der Waals surface area contributed by atoms with E-state index in [0.717, 1.165) is 18.7 Å². The Morgan fingerprint density at radius 1 is 1.43 bits per heavy atom. The molecule has 5 heteroatoms. The van der Waals surface area contributed by atoms with Gasteiger partial charge in [-0.05, 0) is 6.42 Å². The first kappa shape index (κ1) is 8.93. The second-order valence-electron chi connectivity index (χ2n) is 3.35. The predicted octanol–water partition coefficient (Wildman–Crippen LogP) is 0.181. The summed E-state index contributed by atoms with van der Waals surface area (Å²) in [6.45, 7) is 1.37. The normalized spacial score (nSPS) is 16.3. The molecule has 74 valence electrons. The van der Waals surface area contributed by atoms with Crippen molar-refractivity contribution in [2.45, 2.75) is 19.4 Å². The number of anilines is 1. The molecule has 0 unspecified atom stereocenters. The maximum atomic E-state index is 11.3. The quantitative estimate of drug-likeness (QED) is 0.725. The molecule has 1 aromatic rings. The van der Waals surface area contributed by atoms with E-state index in [4.69, 9.17) is 5.73 Å². The molecular formula is C9H12N4O. The summed E-state index contributed by atoms with van der Waals surface area (Å²) in [5, 5.41) is 0. The van der Waals surface area contributed by atoms with Crippen LogP contribution >= 0.6 is 0 Å². The number of likely N-dealkylation sites (tertiary alicyclic amines) is 1. The van der Waals surface area contributed by atoms with Crippen molar-refractivity contribution in [2.24, 2.45) is 0 Å². The lowest BCUT2D eigenvalue weighted by Crippen LogP contribution is -2.24. The predicted molar refractivity (Wildman–Crippen MR) is 51.1 cm³/mol. The fourth-order valence-electron chi connectivity index (χ4n) is 1.51. The highest BCUT2D eigenvalue weighted by atomic mass is 16.2. The lowest BCUT2D eigenvalue weighted by atomic mass is 10.4. The molecule has 1 aliphatic rings. The molecule has 1 saturated heterocycles. The van der Waals surface area contributed by atoms with Gasteiger partial charge in [0.2, 0.25) is 5.91 Å². The molecule has 1 aliphatic heterocycles. The molecule has 1 fully saturated rings. The number of nitrogens with zero attached hydrogens (tertiary/aromatic N) is 3. The first-order valence-electron chi connectivity index (χ1n) is 4.60. The maximum Gasteiger partial charge on any atom is 0.222 e. The van der Waals surface area contributed by atoms with Gasteiger partial charge in [0.15, 0.2) is 0 Å². The van der Waals surface area contributed by atoms with Crippen LogP contribution in [0.1, 0.15) is 18.5 Å². The molecule has 2 heterocycles. The van der Waals surface area contributed by atoms with Gasteiger partial charge in [-0.2, -0.15) is 0 Å². The van der Waals surface area contributed by atoms with E-state index in [1.807, 2.05) is 0 Å². The van der Waals surface area contributed by atoms with E-state index in [1.165, 1.54) is 6.20 Å². The van der Waals surface area contributed by atoms with Crippen molar-refractivity contribution in [1.29, 1.82) is 0 Å². The highest BCUT2D eigenvalue weighted by Crippen LogP contribution is 2.12. The van der Waals surface area contributed by atoms with Gasteiger partial charge in [0, 0.05) is 13.0 Å². The summed E-state index contributed by atoms with van der Waals surface area (Å²) in [4.78, 5) is 21.1. The van der Waals surface area contributed by atoms with Gasteiger partial charge in [0.05, 0.1) is 24.6 Å². The molecule has 0 bridgehead atoms. The van der Waals surface area contributed by atoms with E-state index >= 15 is 0 Å². The van der Waals surface area contributed by atoms with Crippen molar-refractivity contribution in [2.75, 3.05) is 12.3 Å². The van der Waals surface area contributed by atoms with Gasteiger partial charge >= 0.3 is 0 Å². The summed E-state index contributed by atoms with van der Waals surface area (Å²) < 4.78 is 0. The smallest absolute Gasteiger partial charge is 0.222 e. The molecule has 0 aliphatic carbocycles. The second-order valence-corrected chi connectivity index (χ2v) is 3.35. The monoisotopic (exact) mass is 192 g/mol. The fourth-order valence-corrected chi connectivity index (χ4v) is 1.51. The van der Waals surface area contributed by atoms with E-state index in [9.17, 15) is 4.79 Å². The summed E-state index contributed by atoms with van der Waals surface area (Å²) in [6.07, 6.45) is 4.72. The van der Waals surface area contributed by atoms with Gasteiger partial charge in [0.25, 0.3) is 0 Å². The topological polar surface area (TPSA) is 72.1 Å². The van der Waals surface area contributed by atoms with E-state index < -0.39 is 0 Å². The SMILES string of the molecule is Nc1cnc(CN2CCCC2=O)cn1. The minimum Gasteiger partial charge on any atom is -0.382 e. The van der Waals surface area contributed by atoms with Gasteiger partial charge < -0.3 is 10.6 Å². The Hall–Kier alpha value is -1.65. The number of aromatic nitrogens is 2. The summed E-state index contributed by atoms with van der Waals surface area (Å²) >= 11 is 0. The lowest BCUT2D eigenvalue weighted by Gasteiger charge is -2.14. The molecular weight excluding hydrogens is 180 g/mol. The third-order valence-electron chi connectivity index (χ3n) is 2.25. The zero-order valence-electron chi connectivity index (χ0n) is 7.81. The van der Waals surface area contributed by atoms with Crippen molar-refractivity contribution >= 4 is 11.7 Å². The van der Waals surface area contributed by atoms with Gasteiger partial charge in [-0.1, -0.05) is 0 Å². The molecule has 5 nitrogen and oxygen atoms in total. The van der Waals surface area contributed by atoms with Crippen LogP contribution in [-0.2, 0) is 11.3 Å². The summed E-state index contributed by atoms with van der Waals surface area (Å²) in [6, 6.07) is 0. The highest BCUT2D eigenvalue weighted by Gasteiger charge is 2.20. The summed E-state index contributed by atoms with van der Waals surface area (Å²) in [5.41, 5.74) is 6.19. The number of nitrogens with two attached hydrogens (primary N) is 1. The minimum absolute atomic E-state index is 0.198. The average molecular weight is 192 g/mol. The largest absolute Gasteiger partial charge is 0.382 e. The number of hydrogen-bond donors (Lipinski definition) is 1. The molecule has 1 aromatic heterocycles. The van der Waals surface area contributed by atoms with E-state index in [-0.39, 0.29) is 5.91 Å². The number of carbonyl (C=O) groups excluding carboxylic acids is 1. The Labute approximate surface area is 82.0 Å². The van der Waals surface area contributed by atoms with Crippen LogP contribution in [0.4, 0.5) is 5.82 Å². The third kappa shape index (κ3) is 1.81. The molecule has 0 radical (unpaired) electrons. The van der Waals surface area contributed by atoms with Crippen LogP contribution in [0.2, 0.25) is 0 Å². The van der Waals surface area contributed by atoms with Crippen LogP contribution in [0.25, 0.3) is 0 Å². The number of carbonyl (C=O) groups is 1. The summed E-state index contributed by atoms with van der Waals surface area (Å²) in [5.74, 6) is 0.602. The number of nitrogen functional groups attached to an aromatic ring is 1. The van der Waals surface area contributed by atoms with Crippen molar-refractivity contribution in [3.05, 3.63) is 18.1 Å². The van der Waals surface area contributed by atoms with Gasteiger partial charge in [0.1, 0.15) is 5.82 Å². The minimum atomic E-state index is 0.198. The van der Waals surface area contributed by atoms with E-state index in [1.54, 1.807) is 11.1 Å². The Balaban J connectivity index is 2.03. The zero-order valence-corrected chi connectivity index (χ0v) is 7.81. The Bertz CT molecular complexity index is 335. The second kappa shape index (κ2) is 3.61. The van der Waals surface area contributed by atoms with Crippen molar-refractivity contribution in [3.63, 3.8) is 0 Å². The van der Waals surface area contributed by atoms with Crippen molar-refractivity contribution in [1.82, 2.24) is 14.9 Å². The Kier molecular flexibility index (Phi) is 2.30. The molecule has 2 rings (SSSR count). The Morgan fingerprint density at radius 2 is 2.29 bits per heavy atom. The maximum absolute atomic E-state index is 11.3. The first-order valence-corrected chi connectivity index (χ1v) is 4.60. The fraction of sp³-hybridized carbons (Fsp3) is 0.444. The molecule has 1 amide bonds. The number of rotatable bonds is 2. The Morgan fingerprint density at radius 3 is 2.86 bits per heavy atom. The van der Waals surface area contributed by atoms with Crippen LogP contribution in [0.3, 0.4) is 0 Å². The van der Waals surface area contributed by atoms with E-state index in [2.05, 4.69) is 9.97 Å². The van der Waals surface area contributed by atoms with E-state index in [0.29, 0.717) is 18.8 Å². The van der Waals surface area contributed by atoms with Crippen molar-refractivity contribution < 1.29 is 4.79 Å². The van der Waals surface area contributed by atoms with Crippen molar-refractivity contribution in [3.8, 4) is 0 Å². The first-order chi connectivity index (χ1) is 6.75. The molecule has 0 atom stereocenters. The van der Waals surface area contributed by atoms with Crippen LogP contribution < -0.4 is 5.73 Å². The van der Waals surface area contributed by atoms with Gasteiger partial charge in [-0.15, -0.1) is 0 Å².